The molecule has 2 rings (SSSR count). The molecule has 19 heavy (non-hydrogen) atoms. The first-order valence-corrected chi connectivity index (χ1v) is 6.82. The molecule has 96 valence electrons. The van der Waals surface area contributed by atoms with Gasteiger partial charge in [0.1, 0.15) is 12.4 Å². The van der Waals surface area contributed by atoms with Crippen LogP contribution in [0.5, 0.6) is 5.75 Å². The summed E-state index contributed by atoms with van der Waals surface area (Å²) in [6.07, 6.45) is 0. The van der Waals surface area contributed by atoms with Crippen LogP contribution in [0, 0.1) is 14.9 Å². The number of hydrogen-bond donors (Lipinski definition) is 1. The molecule has 0 spiro atoms. The van der Waals surface area contributed by atoms with Crippen molar-refractivity contribution in [2.75, 3.05) is 0 Å². The van der Waals surface area contributed by atoms with Crippen molar-refractivity contribution in [1.82, 2.24) is 0 Å². The van der Waals surface area contributed by atoms with Crippen LogP contribution in [0.4, 0.5) is 0 Å². The van der Waals surface area contributed by atoms with Gasteiger partial charge >= 0.3 is 0 Å². The molecule has 0 saturated carbocycles. The van der Waals surface area contributed by atoms with Gasteiger partial charge < -0.3 is 9.84 Å². The zero-order valence-corrected chi connectivity index (χ0v) is 12.3. The summed E-state index contributed by atoms with van der Waals surface area (Å²) in [5, 5.41) is 18.1. The van der Waals surface area contributed by atoms with E-state index in [2.05, 4.69) is 28.7 Å². The number of aliphatic hydroxyl groups is 1. The average molecular weight is 365 g/mol. The fourth-order valence-electron chi connectivity index (χ4n) is 1.67. The Kier molecular flexibility index (Phi) is 4.77. The Labute approximate surface area is 125 Å². The normalized spacial score (nSPS) is 9.95. The van der Waals surface area contributed by atoms with Crippen LogP contribution in [-0.4, -0.2) is 5.11 Å². The lowest BCUT2D eigenvalue weighted by Gasteiger charge is -2.10. The molecule has 4 heteroatoms. The zero-order valence-electron chi connectivity index (χ0n) is 10.1. The summed E-state index contributed by atoms with van der Waals surface area (Å²) in [6, 6.07) is 15.1. The number of rotatable bonds is 4. The first kappa shape index (κ1) is 13.8. The van der Waals surface area contributed by atoms with Crippen molar-refractivity contribution in [2.24, 2.45) is 0 Å². The summed E-state index contributed by atoms with van der Waals surface area (Å²) in [5.41, 5.74) is 2.35. The molecule has 0 amide bonds. The minimum Gasteiger partial charge on any atom is -0.488 e. The third-order valence-corrected chi connectivity index (χ3v) is 3.54. The van der Waals surface area contributed by atoms with Gasteiger partial charge in [0, 0.05) is 5.56 Å². The van der Waals surface area contributed by atoms with Crippen molar-refractivity contribution in [2.45, 2.75) is 13.2 Å². The van der Waals surface area contributed by atoms with Crippen molar-refractivity contribution in [1.29, 1.82) is 5.26 Å². The molecule has 0 radical (unpaired) electrons. The summed E-state index contributed by atoms with van der Waals surface area (Å²) < 4.78 is 6.67. The highest BCUT2D eigenvalue weighted by Gasteiger charge is 2.05. The maximum absolute atomic E-state index is 9.05. The third kappa shape index (κ3) is 3.46. The minimum atomic E-state index is 0.0214. The Morgan fingerprint density at radius 2 is 2.00 bits per heavy atom. The average Bonchev–Trinajstić information content (AvgIpc) is 2.46. The number of benzene rings is 2. The summed E-state index contributed by atoms with van der Waals surface area (Å²) in [7, 11) is 0. The molecule has 0 fully saturated rings. The van der Waals surface area contributed by atoms with Crippen LogP contribution in [0.3, 0.4) is 0 Å². The monoisotopic (exact) mass is 365 g/mol. The van der Waals surface area contributed by atoms with Crippen LogP contribution in [0.1, 0.15) is 16.7 Å². The third-order valence-electron chi connectivity index (χ3n) is 2.70. The second-order valence-corrected chi connectivity index (χ2v) is 5.14. The van der Waals surface area contributed by atoms with E-state index in [1.54, 1.807) is 6.07 Å². The molecule has 0 aliphatic heterocycles. The van der Waals surface area contributed by atoms with E-state index >= 15 is 0 Å². The molecule has 2 aromatic rings. The van der Waals surface area contributed by atoms with Crippen LogP contribution < -0.4 is 4.74 Å². The molecule has 0 atom stereocenters. The maximum atomic E-state index is 9.05. The molecule has 0 heterocycles. The number of halogens is 1. The maximum Gasteiger partial charge on any atom is 0.133 e. The van der Waals surface area contributed by atoms with E-state index < -0.39 is 0 Å². The standard InChI is InChI=1S/C15H12INO2/c16-14-7-11(9-18)5-6-15(14)19-10-13-4-2-1-3-12(13)8-17/h1-7,18H,9-10H2. The quantitative estimate of drug-likeness (QED) is 0.847. The largest absolute Gasteiger partial charge is 0.488 e. The second-order valence-electron chi connectivity index (χ2n) is 3.98. The zero-order chi connectivity index (χ0) is 13.7. The van der Waals surface area contributed by atoms with Crippen LogP contribution in [0.15, 0.2) is 42.5 Å². The van der Waals surface area contributed by atoms with Crippen LogP contribution in [0.2, 0.25) is 0 Å². The number of nitriles is 1. The summed E-state index contributed by atoms with van der Waals surface area (Å²) >= 11 is 2.17. The fourth-order valence-corrected chi connectivity index (χ4v) is 2.41. The Bertz CT molecular complexity index is 620. The van der Waals surface area contributed by atoms with Gasteiger partial charge in [-0.2, -0.15) is 5.26 Å². The Morgan fingerprint density at radius 3 is 2.68 bits per heavy atom. The van der Waals surface area contributed by atoms with E-state index in [4.69, 9.17) is 15.1 Å². The van der Waals surface area contributed by atoms with Crippen molar-refractivity contribution < 1.29 is 9.84 Å². The number of nitrogens with zero attached hydrogens (tertiary/aromatic N) is 1. The van der Waals surface area contributed by atoms with Gasteiger partial charge in [-0.3, -0.25) is 0 Å². The molecule has 0 saturated heterocycles. The molecule has 2 aromatic carbocycles. The molecule has 0 unspecified atom stereocenters. The first-order chi connectivity index (χ1) is 9.24. The predicted molar refractivity (Wildman–Crippen MR) is 80.6 cm³/mol. The highest BCUT2D eigenvalue weighted by atomic mass is 127. The van der Waals surface area contributed by atoms with E-state index in [9.17, 15) is 0 Å². The fraction of sp³-hybridized carbons (Fsp3) is 0.133. The molecule has 1 N–H and O–H groups in total. The molecule has 0 bridgehead atoms. The highest BCUT2D eigenvalue weighted by molar-refractivity contribution is 14.1. The minimum absolute atomic E-state index is 0.0214. The van der Waals surface area contributed by atoms with Crippen LogP contribution in [0.25, 0.3) is 0 Å². The van der Waals surface area contributed by atoms with E-state index in [-0.39, 0.29) is 6.61 Å². The highest BCUT2D eigenvalue weighted by Crippen LogP contribution is 2.23. The molecular formula is C15H12INO2. The van der Waals surface area contributed by atoms with E-state index in [1.807, 2.05) is 36.4 Å². The Balaban J connectivity index is 2.13. The lowest BCUT2D eigenvalue weighted by Crippen LogP contribution is -1.99. The predicted octanol–water partition coefficient (Wildman–Crippen LogP) is 3.23. The number of ether oxygens (including phenoxy) is 1. The van der Waals surface area contributed by atoms with E-state index in [0.29, 0.717) is 12.2 Å². The second kappa shape index (κ2) is 6.55. The van der Waals surface area contributed by atoms with Crippen LogP contribution >= 0.6 is 22.6 Å². The van der Waals surface area contributed by atoms with E-state index in [0.717, 1.165) is 20.4 Å². The van der Waals surface area contributed by atoms with Crippen LogP contribution in [-0.2, 0) is 13.2 Å². The summed E-state index contributed by atoms with van der Waals surface area (Å²) in [4.78, 5) is 0. The summed E-state index contributed by atoms with van der Waals surface area (Å²) in [6.45, 7) is 0.381. The molecule has 3 nitrogen and oxygen atoms in total. The van der Waals surface area contributed by atoms with Gasteiger partial charge in [-0.05, 0) is 46.4 Å². The summed E-state index contributed by atoms with van der Waals surface area (Å²) in [5.74, 6) is 0.755. The van der Waals surface area contributed by atoms with Gasteiger partial charge in [0.2, 0.25) is 0 Å². The van der Waals surface area contributed by atoms with Gasteiger partial charge in [0.25, 0.3) is 0 Å². The lowest BCUT2D eigenvalue weighted by molar-refractivity contribution is 0.280. The molecule has 0 aromatic heterocycles. The van der Waals surface area contributed by atoms with Crippen molar-refractivity contribution in [3.8, 4) is 11.8 Å². The topological polar surface area (TPSA) is 53.2 Å². The van der Waals surface area contributed by atoms with E-state index in [1.165, 1.54) is 0 Å². The van der Waals surface area contributed by atoms with Gasteiger partial charge in [-0.25, -0.2) is 0 Å². The van der Waals surface area contributed by atoms with Gasteiger partial charge in [-0.15, -0.1) is 0 Å². The molecule has 0 aliphatic carbocycles. The molecular weight excluding hydrogens is 353 g/mol. The van der Waals surface area contributed by atoms with Gasteiger partial charge in [-0.1, -0.05) is 24.3 Å². The van der Waals surface area contributed by atoms with Crippen molar-refractivity contribution in [3.63, 3.8) is 0 Å². The van der Waals surface area contributed by atoms with Crippen molar-refractivity contribution >= 4 is 22.6 Å². The van der Waals surface area contributed by atoms with Gasteiger partial charge in [0.05, 0.1) is 21.8 Å². The van der Waals surface area contributed by atoms with Crippen molar-refractivity contribution in [3.05, 3.63) is 62.7 Å². The Hall–Kier alpha value is -1.58. The molecule has 0 aliphatic rings. The number of aliphatic hydroxyl groups excluding tert-OH is 1. The number of hydrogen-bond acceptors (Lipinski definition) is 3. The van der Waals surface area contributed by atoms with Gasteiger partial charge in [0.15, 0.2) is 0 Å². The Morgan fingerprint density at radius 1 is 1.21 bits per heavy atom. The lowest BCUT2D eigenvalue weighted by atomic mass is 10.1. The smallest absolute Gasteiger partial charge is 0.133 e. The SMILES string of the molecule is N#Cc1ccccc1COc1ccc(CO)cc1I. The first-order valence-electron chi connectivity index (χ1n) is 5.74.